The Kier molecular flexibility index (Phi) is 3.10. The molecule has 3 heterocycles. The normalized spacial score (nSPS) is 27.1. The van der Waals surface area contributed by atoms with Crippen LogP contribution in [-0.2, 0) is 0 Å². The smallest absolute Gasteiger partial charge is 0.407 e. The topological polar surface area (TPSA) is 75.5 Å². The van der Waals surface area contributed by atoms with E-state index in [-0.39, 0.29) is 18.2 Å². The second-order valence-electron chi connectivity index (χ2n) is 5.98. The molecule has 0 spiro atoms. The molecule has 3 atom stereocenters. The number of para-hydroxylation sites is 2. The van der Waals surface area contributed by atoms with E-state index in [2.05, 4.69) is 9.97 Å². The molecule has 0 radical (unpaired) electrons. The Bertz CT molecular complexity index is 707. The van der Waals surface area contributed by atoms with E-state index < -0.39 is 6.09 Å². The van der Waals surface area contributed by atoms with Crippen LogP contribution < -0.4 is 4.74 Å². The fourth-order valence-corrected chi connectivity index (χ4v) is 3.70. The number of rotatable bonds is 2. The summed E-state index contributed by atoms with van der Waals surface area (Å²) in [5.74, 6) is 0.520. The first-order valence-electron chi connectivity index (χ1n) is 7.60. The maximum Gasteiger partial charge on any atom is 0.407 e. The number of ether oxygens (including phenoxy) is 1. The molecule has 0 saturated carbocycles. The Labute approximate surface area is 127 Å². The van der Waals surface area contributed by atoms with Gasteiger partial charge in [-0.3, -0.25) is 0 Å². The molecule has 2 aliphatic heterocycles. The van der Waals surface area contributed by atoms with Crippen LogP contribution in [-0.4, -0.2) is 44.3 Å². The van der Waals surface area contributed by atoms with Crippen LogP contribution >= 0.6 is 0 Å². The molecule has 2 bridgehead atoms. The van der Waals surface area contributed by atoms with Crippen molar-refractivity contribution in [3.05, 3.63) is 30.5 Å². The van der Waals surface area contributed by atoms with Crippen LogP contribution in [0.1, 0.15) is 25.7 Å². The lowest BCUT2D eigenvalue weighted by atomic mass is 10.0. The largest absolute Gasteiger partial charge is 0.473 e. The Morgan fingerprint density at radius 3 is 2.55 bits per heavy atom. The Hall–Kier alpha value is -2.37. The number of amides is 1. The number of hydrogen-bond acceptors (Lipinski definition) is 4. The van der Waals surface area contributed by atoms with Gasteiger partial charge in [-0.1, -0.05) is 12.1 Å². The molecule has 1 aromatic carbocycles. The highest BCUT2D eigenvalue weighted by molar-refractivity contribution is 5.73. The maximum absolute atomic E-state index is 11.3. The van der Waals surface area contributed by atoms with Crippen molar-refractivity contribution >= 4 is 17.1 Å². The minimum atomic E-state index is -0.809. The molecule has 1 unspecified atom stereocenters. The summed E-state index contributed by atoms with van der Waals surface area (Å²) in [5.41, 5.74) is 1.65. The molecular weight excluding hydrogens is 282 g/mol. The van der Waals surface area contributed by atoms with Gasteiger partial charge >= 0.3 is 6.09 Å². The van der Waals surface area contributed by atoms with E-state index in [1.165, 1.54) is 0 Å². The van der Waals surface area contributed by atoms with Gasteiger partial charge in [0.05, 0.1) is 17.2 Å². The molecule has 1 N–H and O–H groups in total. The number of fused-ring (bicyclic) bond motifs is 3. The lowest BCUT2D eigenvalue weighted by molar-refractivity contribution is 0.0477. The second kappa shape index (κ2) is 5.12. The van der Waals surface area contributed by atoms with Crippen molar-refractivity contribution in [3.63, 3.8) is 0 Å². The highest BCUT2D eigenvalue weighted by Gasteiger charge is 2.44. The molecule has 2 fully saturated rings. The maximum atomic E-state index is 11.3. The molecule has 2 saturated heterocycles. The van der Waals surface area contributed by atoms with Gasteiger partial charge in [0.15, 0.2) is 0 Å². The van der Waals surface area contributed by atoms with Gasteiger partial charge in [0.25, 0.3) is 0 Å². The summed E-state index contributed by atoms with van der Waals surface area (Å²) in [7, 11) is 0. The van der Waals surface area contributed by atoms with Gasteiger partial charge in [-0.25, -0.2) is 14.8 Å². The monoisotopic (exact) mass is 299 g/mol. The fraction of sp³-hybridized carbons (Fsp3) is 0.438. The number of hydrogen-bond donors (Lipinski definition) is 1. The van der Waals surface area contributed by atoms with Gasteiger partial charge in [0.2, 0.25) is 5.88 Å². The molecule has 1 aromatic heterocycles. The average molecular weight is 299 g/mol. The second-order valence-corrected chi connectivity index (χ2v) is 5.98. The van der Waals surface area contributed by atoms with Crippen LogP contribution in [0.3, 0.4) is 0 Å². The average Bonchev–Trinajstić information content (AvgIpc) is 2.79. The molecule has 4 rings (SSSR count). The van der Waals surface area contributed by atoms with Crippen molar-refractivity contribution < 1.29 is 14.6 Å². The van der Waals surface area contributed by atoms with E-state index in [1.54, 1.807) is 11.1 Å². The van der Waals surface area contributed by atoms with Crippen LogP contribution in [0.15, 0.2) is 30.5 Å². The van der Waals surface area contributed by atoms with E-state index in [9.17, 15) is 9.90 Å². The van der Waals surface area contributed by atoms with E-state index >= 15 is 0 Å². The Morgan fingerprint density at radius 2 is 1.86 bits per heavy atom. The number of carbonyl (C=O) groups is 1. The standard InChI is InChI=1S/C16H17N3O3/c20-16(21)19-10-5-6-11(19)8-12(7-10)22-15-9-17-13-3-1-2-4-14(13)18-15/h1-4,9-12H,5-8H2,(H,20,21)/t10-,11+,12?. The van der Waals surface area contributed by atoms with E-state index in [0.717, 1.165) is 36.7 Å². The van der Waals surface area contributed by atoms with Crippen LogP contribution in [0.25, 0.3) is 11.0 Å². The third kappa shape index (κ3) is 2.24. The molecule has 6 heteroatoms. The van der Waals surface area contributed by atoms with Crippen LogP contribution in [0.4, 0.5) is 4.79 Å². The minimum absolute atomic E-state index is 0.0172. The Morgan fingerprint density at radius 1 is 1.18 bits per heavy atom. The summed E-state index contributed by atoms with van der Waals surface area (Å²) >= 11 is 0. The van der Waals surface area contributed by atoms with Crippen molar-refractivity contribution in [3.8, 4) is 5.88 Å². The van der Waals surface area contributed by atoms with Crippen molar-refractivity contribution in [1.29, 1.82) is 0 Å². The number of benzene rings is 1. The SMILES string of the molecule is O=C(O)N1[C@@H]2CC[C@H]1CC(Oc1cnc3ccccc3n1)C2. The molecule has 0 aliphatic carbocycles. The molecule has 22 heavy (non-hydrogen) atoms. The van der Waals surface area contributed by atoms with Crippen LogP contribution in [0.5, 0.6) is 5.88 Å². The summed E-state index contributed by atoms with van der Waals surface area (Å²) in [6.07, 6.45) is 4.18. The van der Waals surface area contributed by atoms with Gasteiger partial charge in [-0.2, -0.15) is 0 Å². The lowest BCUT2D eigenvalue weighted by Gasteiger charge is -2.36. The summed E-state index contributed by atoms with van der Waals surface area (Å²) in [6.45, 7) is 0. The Balaban J connectivity index is 1.51. The predicted molar refractivity (Wildman–Crippen MR) is 79.9 cm³/mol. The van der Waals surface area contributed by atoms with E-state index in [1.807, 2.05) is 24.3 Å². The van der Waals surface area contributed by atoms with Crippen molar-refractivity contribution in [2.45, 2.75) is 43.9 Å². The molecule has 2 aliphatic rings. The van der Waals surface area contributed by atoms with Gasteiger partial charge in [-0.15, -0.1) is 0 Å². The first-order chi connectivity index (χ1) is 10.7. The van der Waals surface area contributed by atoms with Gasteiger partial charge in [0.1, 0.15) is 6.10 Å². The summed E-state index contributed by atoms with van der Waals surface area (Å²) in [6, 6.07) is 7.83. The number of piperidine rings is 1. The molecule has 114 valence electrons. The number of carboxylic acid groups (broad SMARTS) is 1. The third-order valence-corrected chi connectivity index (χ3v) is 4.62. The third-order valence-electron chi connectivity index (χ3n) is 4.62. The summed E-state index contributed by atoms with van der Waals surface area (Å²) in [4.78, 5) is 21.7. The van der Waals surface area contributed by atoms with Crippen molar-refractivity contribution in [2.75, 3.05) is 0 Å². The van der Waals surface area contributed by atoms with E-state index in [0.29, 0.717) is 5.88 Å². The highest BCUT2D eigenvalue weighted by atomic mass is 16.5. The summed E-state index contributed by atoms with van der Waals surface area (Å²) < 4.78 is 5.98. The highest BCUT2D eigenvalue weighted by Crippen LogP contribution is 2.37. The van der Waals surface area contributed by atoms with Gasteiger partial charge in [-0.05, 0) is 25.0 Å². The quantitative estimate of drug-likeness (QED) is 0.922. The van der Waals surface area contributed by atoms with Crippen LogP contribution in [0.2, 0.25) is 0 Å². The number of aromatic nitrogens is 2. The van der Waals surface area contributed by atoms with Gasteiger partial charge in [0, 0.05) is 24.9 Å². The summed E-state index contributed by atoms with van der Waals surface area (Å²) in [5, 5.41) is 9.28. The first-order valence-corrected chi connectivity index (χ1v) is 7.60. The zero-order valence-electron chi connectivity index (χ0n) is 12.1. The molecule has 2 aromatic rings. The molecule has 6 nitrogen and oxygen atoms in total. The van der Waals surface area contributed by atoms with Crippen LogP contribution in [0, 0.1) is 0 Å². The molecular formula is C16H17N3O3. The molecule has 1 amide bonds. The zero-order chi connectivity index (χ0) is 15.1. The van der Waals surface area contributed by atoms with Gasteiger partial charge < -0.3 is 14.7 Å². The first kappa shape index (κ1) is 13.3. The minimum Gasteiger partial charge on any atom is -0.473 e. The van der Waals surface area contributed by atoms with E-state index in [4.69, 9.17) is 4.74 Å². The predicted octanol–water partition coefficient (Wildman–Crippen LogP) is 2.68. The van der Waals surface area contributed by atoms with Crippen molar-refractivity contribution in [2.24, 2.45) is 0 Å². The fourth-order valence-electron chi connectivity index (χ4n) is 3.70. The van der Waals surface area contributed by atoms with Crippen molar-refractivity contribution in [1.82, 2.24) is 14.9 Å². The number of nitrogens with zero attached hydrogens (tertiary/aromatic N) is 3. The lowest BCUT2D eigenvalue weighted by Crippen LogP contribution is -2.48. The zero-order valence-corrected chi connectivity index (χ0v) is 12.1.